The second kappa shape index (κ2) is 8.25. The Labute approximate surface area is 130 Å². The van der Waals surface area contributed by atoms with Crippen LogP contribution in [0.4, 0.5) is 4.39 Å². The van der Waals surface area contributed by atoms with E-state index >= 15 is 0 Å². The summed E-state index contributed by atoms with van der Waals surface area (Å²) >= 11 is 0. The molecule has 0 heterocycles. The number of amides is 1. The third kappa shape index (κ3) is 4.78. The zero-order valence-corrected chi connectivity index (χ0v) is 12.9. The molecule has 1 amide bonds. The molecule has 0 aliphatic heterocycles. The summed E-state index contributed by atoms with van der Waals surface area (Å²) in [5, 5.41) is 12.7. The van der Waals surface area contributed by atoms with Crippen molar-refractivity contribution < 1.29 is 19.0 Å². The summed E-state index contributed by atoms with van der Waals surface area (Å²) in [5.41, 5.74) is 0.449. The van der Waals surface area contributed by atoms with Gasteiger partial charge in [0.2, 0.25) is 5.91 Å². The molecule has 0 bridgehead atoms. The van der Waals surface area contributed by atoms with Crippen LogP contribution in [0.5, 0.6) is 0 Å². The van der Waals surface area contributed by atoms with Gasteiger partial charge in [-0.1, -0.05) is 31.9 Å². The lowest BCUT2D eigenvalue weighted by atomic mass is 10.1. The number of aliphatic hydroxyl groups excluding tert-OH is 1. The monoisotopic (exact) mass is 309 g/mol. The van der Waals surface area contributed by atoms with E-state index in [9.17, 15) is 14.3 Å². The number of hydrogen-bond donors (Lipinski definition) is 2. The number of rotatable bonds is 7. The highest BCUT2D eigenvalue weighted by atomic mass is 19.1. The summed E-state index contributed by atoms with van der Waals surface area (Å²) < 4.78 is 18.9. The summed E-state index contributed by atoms with van der Waals surface area (Å²) in [6.45, 7) is 1.95. The Morgan fingerprint density at radius 1 is 1.45 bits per heavy atom. The van der Waals surface area contributed by atoms with E-state index in [1.807, 2.05) is 6.92 Å². The summed E-state index contributed by atoms with van der Waals surface area (Å²) in [7, 11) is 0. The molecule has 0 unspecified atom stereocenters. The average molecular weight is 309 g/mol. The van der Waals surface area contributed by atoms with E-state index < -0.39 is 18.0 Å². The molecule has 1 aromatic carbocycles. The quantitative estimate of drug-likeness (QED) is 0.814. The maximum absolute atomic E-state index is 13.1. The van der Waals surface area contributed by atoms with Crippen molar-refractivity contribution in [1.82, 2.24) is 5.32 Å². The third-order valence-electron chi connectivity index (χ3n) is 4.03. The highest BCUT2D eigenvalue weighted by molar-refractivity contribution is 5.80. The van der Waals surface area contributed by atoms with Gasteiger partial charge in [-0.05, 0) is 37.0 Å². The summed E-state index contributed by atoms with van der Waals surface area (Å²) in [6.07, 6.45) is 3.68. The van der Waals surface area contributed by atoms with Crippen molar-refractivity contribution in [1.29, 1.82) is 0 Å². The molecule has 1 aliphatic rings. The maximum Gasteiger partial charge on any atom is 0.249 e. The molecule has 2 rings (SSSR count). The zero-order chi connectivity index (χ0) is 15.9. The van der Waals surface area contributed by atoms with Crippen LogP contribution in [0.1, 0.15) is 50.7 Å². The van der Waals surface area contributed by atoms with Crippen molar-refractivity contribution in [2.24, 2.45) is 0 Å². The van der Waals surface area contributed by atoms with Gasteiger partial charge in [0, 0.05) is 6.54 Å². The lowest BCUT2D eigenvalue weighted by Gasteiger charge is -2.21. The van der Waals surface area contributed by atoms with E-state index in [4.69, 9.17) is 4.74 Å². The van der Waals surface area contributed by atoms with Crippen LogP contribution >= 0.6 is 0 Å². The normalized spacial score (nSPS) is 18.1. The second-order valence-corrected chi connectivity index (χ2v) is 5.76. The van der Waals surface area contributed by atoms with Gasteiger partial charge in [-0.2, -0.15) is 0 Å². The first-order chi connectivity index (χ1) is 10.6. The molecule has 5 heteroatoms. The SMILES string of the molecule is CC[C@H](OC1CCCC1)C(=O)NC[C@@H](O)c1cccc(F)c1. The van der Waals surface area contributed by atoms with Crippen LogP contribution < -0.4 is 5.32 Å². The van der Waals surface area contributed by atoms with Gasteiger partial charge in [0.15, 0.2) is 0 Å². The van der Waals surface area contributed by atoms with Gasteiger partial charge in [-0.3, -0.25) is 4.79 Å². The minimum absolute atomic E-state index is 0.0484. The average Bonchev–Trinajstić information content (AvgIpc) is 3.03. The Bertz CT molecular complexity index is 489. The lowest BCUT2D eigenvalue weighted by molar-refractivity contribution is -0.137. The fraction of sp³-hybridized carbons (Fsp3) is 0.588. The van der Waals surface area contributed by atoms with E-state index in [0.29, 0.717) is 12.0 Å². The van der Waals surface area contributed by atoms with Gasteiger partial charge in [0.25, 0.3) is 0 Å². The Kier molecular flexibility index (Phi) is 6.34. The van der Waals surface area contributed by atoms with Gasteiger partial charge >= 0.3 is 0 Å². The molecule has 0 saturated heterocycles. The molecule has 2 atom stereocenters. The number of carbonyl (C=O) groups is 1. The molecule has 122 valence electrons. The fourth-order valence-electron chi connectivity index (χ4n) is 2.74. The van der Waals surface area contributed by atoms with Gasteiger partial charge in [-0.15, -0.1) is 0 Å². The standard InChI is InChI=1S/C17H24FNO3/c1-2-16(22-14-8-3-4-9-14)17(21)19-11-15(20)12-6-5-7-13(18)10-12/h5-7,10,14-16,20H,2-4,8-9,11H2,1H3,(H,19,21)/t15-,16+/m1/s1. The van der Waals surface area contributed by atoms with Crippen molar-refractivity contribution in [3.8, 4) is 0 Å². The number of hydrogen-bond acceptors (Lipinski definition) is 3. The topological polar surface area (TPSA) is 58.6 Å². The Balaban J connectivity index is 1.82. The molecule has 1 aromatic rings. The number of benzene rings is 1. The number of nitrogens with one attached hydrogen (secondary N) is 1. The summed E-state index contributed by atoms with van der Waals surface area (Å²) in [4.78, 5) is 12.1. The third-order valence-corrected chi connectivity index (χ3v) is 4.03. The van der Waals surface area contributed by atoms with Crippen LogP contribution in [0.3, 0.4) is 0 Å². The molecule has 4 nitrogen and oxygen atoms in total. The fourth-order valence-corrected chi connectivity index (χ4v) is 2.74. The van der Waals surface area contributed by atoms with Crippen LogP contribution in [0.25, 0.3) is 0 Å². The largest absolute Gasteiger partial charge is 0.387 e. The molecule has 0 aromatic heterocycles. The van der Waals surface area contributed by atoms with Crippen LogP contribution in [0, 0.1) is 5.82 Å². The molecule has 1 fully saturated rings. The first-order valence-corrected chi connectivity index (χ1v) is 7.97. The molecular weight excluding hydrogens is 285 g/mol. The Hall–Kier alpha value is -1.46. The van der Waals surface area contributed by atoms with E-state index in [-0.39, 0.29) is 18.6 Å². The van der Waals surface area contributed by atoms with E-state index in [2.05, 4.69) is 5.32 Å². The predicted octanol–water partition coefficient (Wildman–Crippen LogP) is 2.71. The summed E-state index contributed by atoms with van der Waals surface area (Å²) in [5.74, 6) is -0.622. The minimum Gasteiger partial charge on any atom is -0.387 e. The Morgan fingerprint density at radius 3 is 2.82 bits per heavy atom. The second-order valence-electron chi connectivity index (χ2n) is 5.76. The van der Waals surface area contributed by atoms with Gasteiger partial charge in [-0.25, -0.2) is 4.39 Å². The number of halogens is 1. The minimum atomic E-state index is -0.927. The van der Waals surface area contributed by atoms with E-state index in [0.717, 1.165) is 25.7 Å². The first kappa shape index (κ1) is 16.9. The van der Waals surface area contributed by atoms with Crippen LogP contribution in [0.15, 0.2) is 24.3 Å². The molecule has 1 aliphatic carbocycles. The van der Waals surface area contributed by atoms with Crippen molar-refractivity contribution in [2.75, 3.05) is 6.54 Å². The zero-order valence-electron chi connectivity index (χ0n) is 12.9. The number of ether oxygens (including phenoxy) is 1. The highest BCUT2D eigenvalue weighted by Gasteiger charge is 2.24. The molecule has 1 saturated carbocycles. The smallest absolute Gasteiger partial charge is 0.249 e. The molecule has 2 N–H and O–H groups in total. The van der Waals surface area contributed by atoms with Crippen molar-refractivity contribution >= 4 is 5.91 Å². The summed E-state index contributed by atoms with van der Waals surface area (Å²) in [6, 6.07) is 5.75. The van der Waals surface area contributed by atoms with Crippen LogP contribution in [-0.4, -0.2) is 29.8 Å². The lowest BCUT2D eigenvalue weighted by Crippen LogP contribution is -2.39. The van der Waals surface area contributed by atoms with E-state index in [1.54, 1.807) is 6.07 Å². The van der Waals surface area contributed by atoms with Gasteiger partial charge < -0.3 is 15.2 Å². The molecule has 22 heavy (non-hydrogen) atoms. The predicted molar refractivity (Wildman–Crippen MR) is 81.8 cm³/mol. The van der Waals surface area contributed by atoms with Gasteiger partial charge in [0.1, 0.15) is 11.9 Å². The maximum atomic E-state index is 13.1. The highest BCUT2D eigenvalue weighted by Crippen LogP contribution is 2.23. The van der Waals surface area contributed by atoms with E-state index in [1.165, 1.54) is 18.2 Å². The molecule has 0 radical (unpaired) electrons. The number of aliphatic hydroxyl groups is 1. The molecule has 0 spiro atoms. The molecular formula is C17H24FNO3. The van der Waals surface area contributed by atoms with Gasteiger partial charge in [0.05, 0.1) is 12.2 Å². The van der Waals surface area contributed by atoms with Crippen molar-refractivity contribution in [2.45, 2.75) is 57.3 Å². The van der Waals surface area contributed by atoms with Crippen LogP contribution in [-0.2, 0) is 9.53 Å². The Morgan fingerprint density at radius 2 is 2.18 bits per heavy atom. The van der Waals surface area contributed by atoms with Crippen molar-refractivity contribution in [3.63, 3.8) is 0 Å². The van der Waals surface area contributed by atoms with Crippen LogP contribution in [0.2, 0.25) is 0 Å². The first-order valence-electron chi connectivity index (χ1n) is 7.97. The number of carbonyl (C=O) groups excluding carboxylic acids is 1. The van der Waals surface area contributed by atoms with Crippen molar-refractivity contribution in [3.05, 3.63) is 35.6 Å².